The predicted molar refractivity (Wildman–Crippen MR) is 59.5 cm³/mol. The van der Waals surface area contributed by atoms with E-state index in [2.05, 4.69) is 0 Å². The first kappa shape index (κ1) is 13.4. The maximum atomic E-state index is 11.4. The van der Waals surface area contributed by atoms with Gasteiger partial charge in [0.15, 0.2) is 0 Å². The molecule has 0 aromatic carbocycles. The van der Waals surface area contributed by atoms with Crippen LogP contribution in [0.15, 0.2) is 0 Å². The van der Waals surface area contributed by atoms with Crippen molar-refractivity contribution in [2.24, 2.45) is 0 Å². The molecule has 1 unspecified atom stereocenters. The smallest absolute Gasteiger partial charge is 0.326 e. The molecule has 0 saturated carbocycles. The van der Waals surface area contributed by atoms with E-state index in [9.17, 15) is 9.90 Å². The van der Waals surface area contributed by atoms with Gasteiger partial charge in [-0.25, -0.2) is 0 Å². The van der Waals surface area contributed by atoms with Crippen molar-refractivity contribution >= 4 is 5.97 Å². The highest BCUT2D eigenvalue weighted by atomic mass is 16.5. The number of carboxylic acid groups (broad SMARTS) is 1. The molecule has 0 radical (unpaired) electrons. The second kappa shape index (κ2) is 4.69. The second-order valence-corrected chi connectivity index (χ2v) is 5.03. The average Bonchev–Trinajstić information content (AvgIpc) is 2.16. The SMILES string of the molecule is COCC(C)(C(=O)O)N1CCOCC1(C)C. The Morgan fingerprint density at radius 1 is 1.62 bits per heavy atom. The topological polar surface area (TPSA) is 59.0 Å². The molecule has 0 bridgehead atoms. The lowest BCUT2D eigenvalue weighted by Gasteiger charge is -2.49. The van der Waals surface area contributed by atoms with Crippen LogP contribution in [0.4, 0.5) is 0 Å². The fourth-order valence-corrected chi connectivity index (χ4v) is 2.31. The highest BCUT2D eigenvalue weighted by Crippen LogP contribution is 2.28. The summed E-state index contributed by atoms with van der Waals surface area (Å²) in [6.07, 6.45) is 0. The first-order valence-electron chi connectivity index (χ1n) is 5.42. The fraction of sp³-hybridized carbons (Fsp3) is 0.909. The zero-order valence-electron chi connectivity index (χ0n) is 10.4. The van der Waals surface area contributed by atoms with Crippen LogP contribution in [0, 0.1) is 0 Å². The molecule has 0 aromatic rings. The number of carboxylic acids is 1. The second-order valence-electron chi connectivity index (χ2n) is 5.03. The summed E-state index contributed by atoms with van der Waals surface area (Å²) < 4.78 is 10.4. The number of carbonyl (C=O) groups is 1. The summed E-state index contributed by atoms with van der Waals surface area (Å²) in [5, 5.41) is 9.39. The van der Waals surface area contributed by atoms with Crippen molar-refractivity contribution in [3.63, 3.8) is 0 Å². The molecule has 1 aliphatic rings. The number of nitrogens with zero attached hydrogens (tertiary/aromatic N) is 1. The minimum Gasteiger partial charge on any atom is -0.480 e. The number of methoxy groups -OCH3 is 1. The van der Waals surface area contributed by atoms with E-state index in [0.29, 0.717) is 19.8 Å². The van der Waals surface area contributed by atoms with E-state index in [4.69, 9.17) is 9.47 Å². The molecular formula is C11H21NO4. The quantitative estimate of drug-likeness (QED) is 0.767. The normalized spacial score (nSPS) is 25.0. The summed E-state index contributed by atoms with van der Waals surface area (Å²) >= 11 is 0. The lowest BCUT2D eigenvalue weighted by molar-refractivity contribution is -0.170. The number of ether oxygens (including phenoxy) is 2. The Hall–Kier alpha value is -0.650. The molecule has 1 heterocycles. The van der Waals surface area contributed by atoms with Crippen LogP contribution in [0.3, 0.4) is 0 Å². The Balaban J connectivity index is 2.96. The van der Waals surface area contributed by atoms with Gasteiger partial charge in [-0.05, 0) is 20.8 Å². The standard InChI is InChI=1S/C11H21NO4/c1-10(2)7-16-6-5-12(10)11(3,8-15-4)9(13)14/h5-8H2,1-4H3,(H,13,14). The maximum Gasteiger partial charge on any atom is 0.326 e. The summed E-state index contributed by atoms with van der Waals surface area (Å²) in [4.78, 5) is 13.4. The molecule has 0 spiro atoms. The number of morpholine rings is 1. The van der Waals surface area contributed by atoms with Crippen molar-refractivity contribution in [2.75, 3.05) is 33.5 Å². The first-order chi connectivity index (χ1) is 7.34. The summed E-state index contributed by atoms with van der Waals surface area (Å²) in [7, 11) is 1.52. The van der Waals surface area contributed by atoms with Gasteiger partial charge in [-0.15, -0.1) is 0 Å². The molecule has 0 amide bonds. The van der Waals surface area contributed by atoms with E-state index in [1.165, 1.54) is 7.11 Å². The van der Waals surface area contributed by atoms with E-state index in [1.54, 1.807) is 6.92 Å². The number of rotatable bonds is 4. The molecule has 16 heavy (non-hydrogen) atoms. The maximum absolute atomic E-state index is 11.4. The van der Waals surface area contributed by atoms with Crippen molar-refractivity contribution < 1.29 is 19.4 Å². The number of hydrogen-bond acceptors (Lipinski definition) is 4. The summed E-state index contributed by atoms with van der Waals surface area (Å²) in [6, 6.07) is 0. The van der Waals surface area contributed by atoms with Gasteiger partial charge in [0.05, 0.1) is 19.8 Å². The van der Waals surface area contributed by atoms with Crippen LogP contribution in [0.1, 0.15) is 20.8 Å². The molecule has 0 aromatic heterocycles. The highest BCUT2D eigenvalue weighted by molar-refractivity contribution is 5.78. The average molecular weight is 231 g/mol. The van der Waals surface area contributed by atoms with E-state index < -0.39 is 11.5 Å². The molecule has 1 rings (SSSR count). The van der Waals surface area contributed by atoms with Crippen molar-refractivity contribution in [3.05, 3.63) is 0 Å². The molecule has 1 saturated heterocycles. The minimum absolute atomic E-state index is 0.172. The van der Waals surface area contributed by atoms with Crippen LogP contribution in [0.25, 0.3) is 0 Å². The largest absolute Gasteiger partial charge is 0.480 e. The van der Waals surface area contributed by atoms with E-state index in [0.717, 1.165) is 0 Å². The Morgan fingerprint density at radius 3 is 2.69 bits per heavy atom. The molecular weight excluding hydrogens is 210 g/mol. The van der Waals surface area contributed by atoms with Crippen LogP contribution in [0.5, 0.6) is 0 Å². The molecule has 0 aliphatic carbocycles. The Morgan fingerprint density at radius 2 is 2.25 bits per heavy atom. The van der Waals surface area contributed by atoms with E-state index >= 15 is 0 Å². The first-order valence-corrected chi connectivity index (χ1v) is 5.42. The van der Waals surface area contributed by atoms with Gasteiger partial charge in [-0.2, -0.15) is 0 Å². The van der Waals surface area contributed by atoms with Gasteiger partial charge in [-0.1, -0.05) is 0 Å². The third-order valence-corrected chi connectivity index (χ3v) is 3.13. The van der Waals surface area contributed by atoms with Gasteiger partial charge in [0.1, 0.15) is 5.54 Å². The van der Waals surface area contributed by atoms with E-state index in [-0.39, 0.29) is 12.1 Å². The Labute approximate surface area is 96.3 Å². The Kier molecular flexibility index (Phi) is 3.93. The Bertz CT molecular complexity index is 267. The van der Waals surface area contributed by atoms with Gasteiger partial charge in [0.2, 0.25) is 0 Å². The molecule has 94 valence electrons. The molecule has 5 nitrogen and oxygen atoms in total. The summed E-state index contributed by atoms with van der Waals surface area (Å²) in [5.41, 5.74) is -1.29. The number of hydrogen-bond donors (Lipinski definition) is 1. The van der Waals surface area contributed by atoms with Crippen LogP contribution < -0.4 is 0 Å². The van der Waals surface area contributed by atoms with Gasteiger partial charge in [-0.3, -0.25) is 9.69 Å². The highest BCUT2D eigenvalue weighted by Gasteiger charge is 2.47. The molecule has 1 N–H and O–H groups in total. The van der Waals surface area contributed by atoms with Gasteiger partial charge >= 0.3 is 5.97 Å². The minimum atomic E-state index is -0.998. The van der Waals surface area contributed by atoms with Crippen molar-refractivity contribution in [3.8, 4) is 0 Å². The van der Waals surface area contributed by atoms with Gasteiger partial charge in [0.25, 0.3) is 0 Å². The molecule has 5 heteroatoms. The van der Waals surface area contributed by atoms with Crippen LogP contribution in [-0.2, 0) is 14.3 Å². The monoisotopic (exact) mass is 231 g/mol. The van der Waals surface area contributed by atoms with Crippen LogP contribution in [-0.4, -0.2) is 60.5 Å². The lowest BCUT2D eigenvalue weighted by atomic mass is 9.91. The van der Waals surface area contributed by atoms with Crippen molar-refractivity contribution in [2.45, 2.75) is 31.8 Å². The zero-order chi connectivity index (χ0) is 12.4. The van der Waals surface area contributed by atoms with Crippen molar-refractivity contribution in [1.29, 1.82) is 0 Å². The number of aliphatic carboxylic acids is 1. The van der Waals surface area contributed by atoms with Gasteiger partial charge < -0.3 is 14.6 Å². The lowest BCUT2D eigenvalue weighted by Crippen LogP contribution is -2.66. The fourth-order valence-electron chi connectivity index (χ4n) is 2.31. The van der Waals surface area contributed by atoms with Crippen LogP contribution in [0.2, 0.25) is 0 Å². The predicted octanol–water partition coefficient (Wildman–Crippen LogP) is 0.587. The summed E-state index contributed by atoms with van der Waals surface area (Å²) in [5.74, 6) is -0.857. The molecule has 1 fully saturated rings. The summed E-state index contributed by atoms with van der Waals surface area (Å²) in [6.45, 7) is 7.57. The van der Waals surface area contributed by atoms with E-state index in [1.807, 2.05) is 18.7 Å². The van der Waals surface area contributed by atoms with Crippen LogP contribution >= 0.6 is 0 Å². The third-order valence-electron chi connectivity index (χ3n) is 3.13. The van der Waals surface area contributed by atoms with Gasteiger partial charge in [0, 0.05) is 19.2 Å². The molecule has 1 aliphatic heterocycles. The third kappa shape index (κ3) is 2.36. The van der Waals surface area contributed by atoms with Crippen molar-refractivity contribution in [1.82, 2.24) is 4.90 Å². The molecule has 1 atom stereocenters. The zero-order valence-corrected chi connectivity index (χ0v) is 10.4.